The summed E-state index contributed by atoms with van der Waals surface area (Å²) in [7, 11) is 0. The maximum atomic E-state index is 13.2. The highest BCUT2D eigenvalue weighted by atomic mass is 35.5. The van der Waals surface area contributed by atoms with Crippen molar-refractivity contribution in [3.05, 3.63) is 89.2 Å². The highest BCUT2D eigenvalue weighted by Gasteiger charge is 2.18. The van der Waals surface area contributed by atoms with Crippen LogP contribution >= 0.6 is 11.6 Å². The smallest absolute Gasteiger partial charge is 0.275 e. The van der Waals surface area contributed by atoms with E-state index in [1.165, 1.54) is 12.1 Å². The topological polar surface area (TPSA) is 167 Å². The number of amides is 2. The van der Waals surface area contributed by atoms with Crippen molar-refractivity contribution in [2.24, 2.45) is 11.5 Å². The van der Waals surface area contributed by atoms with Crippen molar-refractivity contribution in [3.63, 3.8) is 0 Å². The highest BCUT2D eigenvalue weighted by Crippen LogP contribution is 2.29. The van der Waals surface area contributed by atoms with Crippen molar-refractivity contribution in [2.45, 2.75) is 12.8 Å². The molecule has 0 unspecified atom stereocenters. The van der Waals surface area contributed by atoms with Gasteiger partial charge in [-0.2, -0.15) is 0 Å². The van der Waals surface area contributed by atoms with Crippen LogP contribution in [0.5, 0.6) is 11.5 Å². The Morgan fingerprint density at radius 1 is 0.674 bits per heavy atom. The van der Waals surface area contributed by atoms with Crippen molar-refractivity contribution >= 4 is 56.9 Å². The molecular weight excluding hydrogens is 570 g/mol. The fraction of sp³-hybridized carbons (Fsp3) is 0.194. The monoisotopic (exact) mass is 599 g/mol. The molecule has 2 amide bonds. The molecule has 11 nitrogen and oxygen atoms in total. The fourth-order valence-electron chi connectivity index (χ4n) is 4.28. The van der Waals surface area contributed by atoms with Crippen LogP contribution in [0, 0.1) is 0 Å². The molecule has 0 saturated carbocycles. The van der Waals surface area contributed by atoms with Crippen LogP contribution in [0.3, 0.4) is 0 Å². The van der Waals surface area contributed by atoms with E-state index in [9.17, 15) is 9.59 Å². The molecule has 2 aromatic carbocycles. The number of nitrogens with zero attached hydrogens (tertiary/aromatic N) is 3. The van der Waals surface area contributed by atoms with Gasteiger partial charge in [0.25, 0.3) is 11.8 Å². The lowest BCUT2D eigenvalue weighted by Gasteiger charge is -2.13. The number of nitrogens with two attached hydrogens (primary N) is 2. The number of rotatable bonds is 12. The highest BCUT2D eigenvalue weighted by molar-refractivity contribution is 6.31. The normalized spacial score (nSPS) is 11.0. The van der Waals surface area contributed by atoms with Crippen molar-refractivity contribution in [3.8, 4) is 11.5 Å². The van der Waals surface area contributed by atoms with Crippen molar-refractivity contribution in [1.29, 1.82) is 0 Å². The third kappa shape index (κ3) is 7.33. The van der Waals surface area contributed by atoms with Crippen LogP contribution in [0.25, 0.3) is 21.8 Å². The third-order valence-electron chi connectivity index (χ3n) is 6.31. The van der Waals surface area contributed by atoms with Crippen LogP contribution in [-0.4, -0.2) is 53.1 Å². The summed E-state index contributed by atoms with van der Waals surface area (Å²) in [5.41, 5.74) is 12.3. The molecule has 0 aliphatic heterocycles. The molecule has 3 aromatic heterocycles. The van der Waals surface area contributed by atoms with E-state index in [1.807, 2.05) is 48.5 Å². The molecule has 5 rings (SSSR count). The zero-order valence-corrected chi connectivity index (χ0v) is 23.9. The van der Waals surface area contributed by atoms with Crippen LogP contribution < -0.4 is 31.6 Å². The Hall–Kier alpha value is -4.84. The molecule has 3 heterocycles. The number of hydrogen-bond acceptors (Lipinski definition) is 9. The average Bonchev–Trinajstić information content (AvgIpc) is 3.01. The Balaban J connectivity index is 1.37. The number of pyridine rings is 3. The summed E-state index contributed by atoms with van der Waals surface area (Å²) >= 11 is 6.30. The van der Waals surface area contributed by atoms with Crippen LogP contribution in [0.1, 0.15) is 33.8 Å². The van der Waals surface area contributed by atoms with Gasteiger partial charge in [0.15, 0.2) is 0 Å². The molecule has 12 heteroatoms. The third-order valence-corrected chi connectivity index (χ3v) is 6.53. The maximum Gasteiger partial charge on any atom is 0.275 e. The van der Waals surface area contributed by atoms with Crippen LogP contribution in [0.2, 0.25) is 5.02 Å². The lowest BCUT2D eigenvalue weighted by atomic mass is 10.2. The second kappa shape index (κ2) is 13.9. The summed E-state index contributed by atoms with van der Waals surface area (Å²) < 4.78 is 11.8. The van der Waals surface area contributed by atoms with E-state index in [-0.39, 0.29) is 28.0 Å². The largest absolute Gasteiger partial charge is 0.493 e. The Morgan fingerprint density at radius 2 is 1.12 bits per heavy atom. The summed E-state index contributed by atoms with van der Waals surface area (Å²) in [6.45, 7) is 1.81. The Bertz CT molecular complexity index is 1660. The second-order valence-corrected chi connectivity index (χ2v) is 9.93. The molecule has 0 fully saturated rings. The second-order valence-electron chi connectivity index (χ2n) is 9.49. The molecule has 220 valence electrons. The SMILES string of the molecule is NCCCOc1cc(NC(=O)c2cc(Cl)cc(C(=O)Nc3cc(OCCCN)c4ccccc4n3)n2)nc2ccccc12. The first-order chi connectivity index (χ1) is 20.9. The van der Waals surface area contributed by atoms with Crippen LogP contribution in [-0.2, 0) is 0 Å². The number of nitrogens with one attached hydrogen (secondary N) is 2. The first-order valence-corrected chi connectivity index (χ1v) is 14.1. The zero-order chi connectivity index (χ0) is 30.2. The molecule has 0 spiro atoms. The summed E-state index contributed by atoms with van der Waals surface area (Å²) in [5, 5.41) is 7.21. The van der Waals surface area contributed by atoms with Gasteiger partial charge in [-0.15, -0.1) is 0 Å². The van der Waals surface area contributed by atoms with Gasteiger partial charge in [-0.25, -0.2) is 15.0 Å². The van der Waals surface area contributed by atoms with E-state index in [4.69, 9.17) is 32.5 Å². The predicted molar refractivity (Wildman–Crippen MR) is 167 cm³/mol. The summed E-state index contributed by atoms with van der Waals surface area (Å²) in [5.74, 6) is 0.410. The molecule has 0 aliphatic carbocycles. The summed E-state index contributed by atoms with van der Waals surface area (Å²) in [4.78, 5) is 39.8. The van der Waals surface area contributed by atoms with E-state index in [0.29, 0.717) is 61.7 Å². The zero-order valence-electron chi connectivity index (χ0n) is 23.2. The van der Waals surface area contributed by atoms with Gasteiger partial charge in [-0.3, -0.25) is 9.59 Å². The molecule has 0 atom stereocenters. The van der Waals surface area contributed by atoms with E-state index < -0.39 is 11.8 Å². The molecule has 5 aromatic rings. The van der Waals surface area contributed by atoms with Crippen LogP contribution in [0.15, 0.2) is 72.8 Å². The first-order valence-electron chi connectivity index (χ1n) is 13.7. The Kier molecular flexibility index (Phi) is 9.57. The lowest BCUT2D eigenvalue weighted by molar-refractivity contribution is 0.101. The van der Waals surface area contributed by atoms with E-state index in [1.54, 1.807) is 12.1 Å². The number of halogens is 1. The number of benzene rings is 2. The summed E-state index contributed by atoms with van der Waals surface area (Å²) in [6, 6.07) is 20.8. The number of fused-ring (bicyclic) bond motifs is 2. The van der Waals surface area contributed by atoms with Crippen molar-refractivity contribution < 1.29 is 19.1 Å². The first kappa shape index (κ1) is 29.6. The van der Waals surface area contributed by atoms with Crippen molar-refractivity contribution in [2.75, 3.05) is 36.9 Å². The average molecular weight is 600 g/mol. The van der Waals surface area contributed by atoms with Gasteiger partial charge in [0, 0.05) is 27.9 Å². The lowest BCUT2D eigenvalue weighted by Crippen LogP contribution is -2.19. The maximum absolute atomic E-state index is 13.2. The molecule has 0 saturated heterocycles. The minimum Gasteiger partial charge on any atom is -0.493 e. The fourth-order valence-corrected chi connectivity index (χ4v) is 4.48. The van der Waals surface area contributed by atoms with Crippen molar-refractivity contribution in [1.82, 2.24) is 15.0 Å². The molecule has 0 radical (unpaired) electrons. The minimum absolute atomic E-state index is 0.0736. The van der Waals surface area contributed by atoms with Crippen LogP contribution in [0.4, 0.5) is 11.6 Å². The van der Waals surface area contributed by atoms with Gasteiger partial charge in [0.05, 0.1) is 24.2 Å². The molecule has 0 aliphatic rings. The van der Waals surface area contributed by atoms with Gasteiger partial charge in [-0.1, -0.05) is 35.9 Å². The van der Waals surface area contributed by atoms with Gasteiger partial charge in [-0.05, 0) is 62.3 Å². The quantitative estimate of drug-likeness (QED) is 0.147. The molecule has 43 heavy (non-hydrogen) atoms. The number of para-hydroxylation sites is 2. The molecular formula is C31H30ClN7O4. The molecule has 6 N–H and O–H groups in total. The van der Waals surface area contributed by atoms with Gasteiger partial charge in [0.1, 0.15) is 34.5 Å². The Morgan fingerprint density at radius 3 is 1.56 bits per heavy atom. The van der Waals surface area contributed by atoms with Gasteiger partial charge >= 0.3 is 0 Å². The number of ether oxygens (including phenoxy) is 2. The summed E-state index contributed by atoms with van der Waals surface area (Å²) in [6.07, 6.45) is 1.35. The van der Waals surface area contributed by atoms with Gasteiger partial charge in [0.2, 0.25) is 0 Å². The number of anilines is 2. The number of carbonyl (C=O) groups is 2. The predicted octanol–water partition coefficient (Wildman–Crippen LogP) is 4.79. The minimum atomic E-state index is -0.605. The number of hydrogen-bond donors (Lipinski definition) is 4. The number of aromatic nitrogens is 3. The molecule has 0 bridgehead atoms. The van der Waals surface area contributed by atoms with E-state index >= 15 is 0 Å². The van der Waals surface area contributed by atoms with E-state index in [2.05, 4.69) is 25.6 Å². The Labute approximate surface area is 252 Å². The van der Waals surface area contributed by atoms with E-state index in [0.717, 1.165) is 10.8 Å². The standard InChI is InChI=1S/C31H30ClN7O4/c32-19-15-24(30(40)38-28-17-26(42-13-5-11-33)20-7-1-3-9-22(20)36-28)35-25(16-19)31(41)39-29-18-27(43-14-6-12-34)21-8-2-4-10-23(21)37-29/h1-4,7-10,15-18H,5-6,11-14,33-34H2,(H,36,38,40)(H,37,39,41). The van der Waals surface area contributed by atoms with Gasteiger partial charge < -0.3 is 31.6 Å². The number of carbonyl (C=O) groups excluding carboxylic acids is 2.